The van der Waals surface area contributed by atoms with E-state index < -0.39 is 24.0 Å². The number of carbonyl (C=O) groups excluding carboxylic acids is 2. The van der Waals surface area contributed by atoms with Crippen LogP contribution in [-0.4, -0.2) is 35.7 Å². The predicted octanol–water partition coefficient (Wildman–Crippen LogP) is 1.31. The van der Waals surface area contributed by atoms with E-state index >= 15 is 0 Å². The number of hydrogen-bond donors (Lipinski definition) is 3. The molecule has 0 heterocycles. The molecule has 1 rings (SSSR count). The van der Waals surface area contributed by atoms with Gasteiger partial charge in [0.1, 0.15) is 5.75 Å². The fourth-order valence-electron chi connectivity index (χ4n) is 1.52. The second-order valence-electron chi connectivity index (χ2n) is 4.39. The Kier molecular flexibility index (Phi) is 5.71. The van der Waals surface area contributed by atoms with E-state index in [1.165, 1.54) is 19.1 Å². The summed E-state index contributed by atoms with van der Waals surface area (Å²) in [6, 6.07) is 3.78. The first-order valence-corrected chi connectivity index (χ1v) is 6.44. The Hall–Kier alpha value is -2.57. The minimum Gasteiger partial charge on any atom is -0.481 e. The molecule has 0 aliphatic carbocycles. The maximum atomic E-state index is 11.7. The second-order valence-corrected chi connectivity index (χ2v) is 4.39. The van der Waals surface area contributed by atoms with Gasteiger partial charge in [0, 0.05) is 6.54 Å². The molecule has 0 spiro atoms. The summed E-state index contributed by atoms with van der Waals surface area (Å²) in [4.78, 5) is 33.9. The van der Waals surface area contributed by atoms with Crippen LogP contribution in [0, 0.1) is 6.92 Å². The standard InChI is InChI=1S/C14H18N2O5/c1-4-15-14(20)16-12(17)9(3)21-11-7-10(13(18)19)6-5-8(11)2/h5-7,9H,4H2,1-3H3,(H,18,19)(H2,15,16,17,20). The molecular weight excluding hydrogens is 276 g/mol. The molecule has 7 nitrogen and oxygen atoms in total. The number of nitrogens with one attached hydrogen (secondary N) is 2. The number of carbonyl (C=O) groups is 3. The molecule has 0 aromatic heterocycles. The largest absolute Gasteiger partial charge is 0.481 e. The van der Waals surface area contributed by atoms with Crippen LogP contribution >= 0.6 is 0 Å². The van der Waals surface area contributed by atoms with Gasteiger partial charge in [-0.3, -0.25) is 10.1 Å². The number of aromatic carboxylic acids is 1. The molecule has 1 unspecified atom stereocenters. The van der Waals surface area contributed by atoms with Crippen LogP contribution in [0.4, 0.5) is 4.79 Å². The average Bonchev–Trinajstić information content (AvgIpc) is 2.40. The SMILES string of the molecule is CCNC(=O)NC(=O)C(C)Oc1cc(C(=O)O)ccc1C. The molecule has 114 valence electrons. The van der Waals surface area contributed by atoms with Crippen molar-refractivity contribution < 1.29 is 24.2 Å². The average molecular weight is 294 g/mol. The van der Waals surface area contributed by atoms with E-state index in [9.17, 15) is 14.4 Å². The van der Waals surface area contributed by atoms with E-state index in [1.54, 1.807) is 19.9 Å². The zero-order valence-electron chi connectivity index (χ0n) is 12.1. The molecule has 1 atom stereocenters. The summed E-state index contributed by atoms with van der Waals surface area (Å²) in [5.74, 6) is -1.41. The van der Waals surface area contributed by atoms with E-state index in [0.29, 0.717) is 12.1 Å². The summed E-state index contributed by atoms with van der Waals surface area (Å²) in [5, 5.41) is 13.5. The minimum atomic E-state index is -1.08. The molecule has 1 aromatic carbocycles. The van der Waals surface area contributed by atoms with Crippen molar-refractivity contribution in [2.24, 2.45) is 0 Å². The third kappa shape index (κ3) is 4.79. The Morgan fingerprint density at radius 3 is 2.57 bits per heavy atom. The van der Waals surface area contributed by atoms with Crippen LogP contribution in [0.5, 0.6) is 5.75 Å². The lowest BCUT2D eigenvalue weighted by atomic mass is 10.1. The van der Waals surface area contributed by atoms with Crippen molar-refractivity contribution in [3.8, 4) is 5.75 Å². The molecule has 3 N–H and O–H groups in total. The van der Waals surface area contributed by atoms with Gasteiger partial charge in [-0.25, -0.2) is 9.59 Å². The molecular formula is C14H18N2O5. The molecule has 0 bridgehead atoms. The van der Waals surface area contributed by atoms with E-state index in [4.69, 9.17) is 9.84 Å². The highest BCUT2D eigenvalue weighted by atomic mass is 16.5. The quantitative estimate of drug-likeness (QED) is 0.759. The Morgan fingerprint density at radius 2 is 2.00 bits per heavy atom. The number of hydrogen-bond acceptors (Lipinski definition) is 4. The Bertz CT molecular complexity index is 556. The Balaban J connectivity index is 2.76. The monoisotopic (exact) mass is 294 g/mol. The Labute approximate surface area is 122 Å². The third-order valence-corrected chi connectivity index (χ3v) is 2.68. The zero-order valence-corrected chi connectivity index (χ0v) is 12.1. The summed E-state index contributed by atoms with van der Waals surface area (Å²) < 4.78 is 5.42. The van der Waals surface area contributed by atoms with Crippen molar-refractivity contribution in [1.29, 1.82) is 0 Å². The normalized spacial score (nSPS) is 11.4. The predicted molar refractivity (Wildman–Crippen MR) is 75.4 cm³/mol. The minimum absolute atomic E-state index is 0.0620. The van der Waals surface area contributed by atoms with Gasteiger partial charge >= 0.3 is 12.0 Å². The van der Waals surface area contributed by atoms with Crippen molar-refractivity contribution in [3.05, 3.63) is 29.3 Å². The van der Waals surface area contributed by atoms with Crippen LogP contribution < -0.4 is 15.4 Å². The highest BCUT2D eigenvalue weighted by molar-refractivity contribution is 5.96. The van der Waals surface area contributed by atoms with Crippen LogP contribution in [-0.2, 0) is 4.79 Å². The topological polar surface area (TPSA) is 105 Å². The first-order valence-electron chi connectivity index (χ1n) is 6.44. The summed E-state index contributed by atoms with van der Waals surface area (Å²) in [7, 11) is 0. The maximum Gasteiger partial charge on any atom is 0.335 e. The number of carboxylic acids is 1. The smallest absolute Gasteiger partial charge is 0.335 e. The highest BCUT2D eigenvalue weighted by Gasteiger charge is 2.18. The van der Waals surface area contributed by atoms with Crippen molar-refractivity contribution in [2.45, 2.75) is 26.9 Å². The van der Waals surface area contributed by atoms with Gasteiger partial charge in [-0.2, -0.15) is 0 Å². The summed E-state index contributed by atoms with van der Waals surface area (Å²) in [5.41, 5.74) is 0.754. The number of amides is 3. The molecule has 21 heavy (non-hydrogen) atoms. The summed E-state index contributed by atoms with van der Waals surface area (Å²) >= 11 is 0. The molecule has 7 heteroatoms. The van der Waals surface area contributed by atoms with E-state index in [2.05, 4.69) is 10.6 Å². The van der Waals surface area contributed by atoms with E-state index in [-0.39, 0.29) is 11.3 Å². The van der Waals surface area contributed by atoms with Crippen molar-refractivity contribution in [1.82, 2.24) is 10.6 Å². The van der Waals surface area contributed by atoms with E-state index in [1.807, 2.05) is 0 Å². The lowest BCUT2D eigenvalue weighted by Crippen LogP contribution is -2.45. The van der Waals surface area contributed by atoms with E-state index in [0.717, 1.165) is 0 Å². The number of urea groups is 1. The fourth-order valence-corrected chi connectivity index (χ4v) is 1.52. The molecule has 0 saturated heterocycles. The Morgan fingerprint density at radius 1 is 1.33 bits per heavy atom. The first-order chi connectivity index (χ1) is 9.85. The van der Waals surface area contributed by atoms with Crippen LogP contribution in [0.1, 0.15) is 29.8 Å². The molecule has 0 fully saturated rings. The number of ether oxygens (including phenoxy) is 1. The number of benzene rings is 1. The molecule has 0 radical (unpaired) electrons. The van der Waals surface area contributed by atoms with Crippen molar-refractivity contribution in [3.63, 3.8) is 0 Å². The van der Waals surface area contributed by atoms with Gasteiger partial charge < -0.3 is 15.2 Å². The maximum absolute atomic E-state index is 11.7. The van der Waals surface area contributed by atoms with Crippen LogP contribution in [0.15, 0.2) is 18.2 Å². The fraction of sp³-hybridized carbons (Fsp3) is 0.357. The summed E-state index contributed by atoms with van der Waals surface area (Å²) in [6.07, 6.45) is -0.935. The molecule has 3 amide bonds. The van der Waals surface area contributed by atoms with Crippen LogP contribution in [0.2, 0.25) is 0 Å². The first kappa shape index (κ1) is 16.5. The van der Waals surface area contributed by atoms with Gasteiger partial charge in [-0.1, -0.05) is 6.07 Å². The lowest BCUT2D eigenvalue weighted by molar-refractivity contribution is -0.126. The number of carboxylic acid groups (broad SMARTS) is 1. The molecule has 0 saturated carbocycles. The van der Waals surface area contributed by atoms with Gasteiger partial charge in [0.05, 0.1) is 5.56 Å². The van der Waals surface area contributed by atoms with Crippen LogP contribution in [0.25, 0.3) is 0 Å². The lowest BCUT2D eigenvalue weighted by Gasteiger charge is -2.16. The number of imide groups is 1. The number of aryl methyl sites for hydroxylation is 1. The van der Waals surface area contributed by atoms with Gasteiger partial charge in [-0.05, 0) is 38.5 Å². The zero-order chi connectivity index (χ0) is 16.0. The highest BCUT2D eigenvalue weighted by Crippen LogP contribution is 2.21. The van der Waals surface area contributed by atoms with Gasteiger partial charge in [-0.15, -0.1) is 0 Å². The van der Waals surface area contributed by atoms with Crippen molar-refractivity contribution >= 4 is 17.9 Å². The van der Waals surface area contributed by atoms with Gasteiger partial charge in [0.2, 0.25) is 0 Å². The van der Waals surface area contributed by atoms with Crippen molar-refractivity contribution in [2.75, 3.05) is 6.54 Å². The van der Waals surface area contributed by atoms with Crippen LogP contribution in [0.3, 0.4) is 0 Å². The number of rotatable bonds is 5. The van der Waals surface area contributed by atoms with Gasteiger partial charge in [0.15, 0.2) is 6.10 Å². The van der Waals surface area contributed by atoms with Gasteiger partial charge in [0.25, 0.3) is 5.91 Å². The summed E-state index contributed by atoms with van der Waals surface area (Å²) in [6.45, 7) is 5.33. The second kappa shape index (κ2) is 7.28. The molecule has 1 aromatic rings. The molecule has 0 aliphatic rings. The molecule has 0 aliphatic heterocycles. The third-order valence-electron chi connectivity index (χ3n) is 2.68.